The monoisotopic (exact) mass is 335 g/mol. The molecule has 0 saturated carbocycles. The zero-order valence-electron chi connectivity index (χ0n) is 14.1. The first-order valence-electron chi connectivity index (χ1n) is 8.98. The molecular formula is C19H26FNO3. The van der Waals surface area contributed by atoms with E-state index in [-0.39, 0.29) is 17.8 Å². The van der Waals surface area contributed by atoms with Gasteiger partial charge in [0.05, 0.1) is 12.7 Å². The Balaban J connectivity index is 1.41. The van der Waals surface area contributed by atoms with Crippen molar-refractivity contribution in [3.8, 4) is 5.75 Å². The number of benzene rings is 1. The van der Waals surface area contributed by atoms with Gasteiger partial charge in [-0.3, -0.25) is 4.79 Å². The Kier molecular flexibility index (Phi) is 6.07. The lowest BCUT2D eigenvalue weighted by Crippen LogP contribution is -2.41. The number of halogens is 1. The molecule has 1 aromatic carbocycles. The number of hydrogen-bond donors (Lipinski definition) is 0. The third kappa shape index (κ3) is 4.94. The molecule has 0 spiro atoms. The van der Waals surface area contributed by atoms with E-state index in [1.807, 2.05) is 4.90 Å². The third-order valence-corrected chi connectivity index (χ3v) is 4.88. The van der Waals surface area contributed by atoms with Gasteiger partial charge in [0.25, 0.3) is 0 Å². The molecule has 0 N–H and O–H groups in total. The van der Waals surface area contributed by atoms with E-state index in [9.17, 15) is 9.18 Å². The van der Waals surface area contributed by atoms with Crippen LogP contribution in [0.5, 0.6) is 5.75 Å². The fraction of sp³-hybridized carbons (Fsp3) is 0.632. The zero-order chi connectivity index (χ0) is 16.8. The molecule has 3 rings (SSSR count). The molecule has 1 aromatic rings. The third-order valence-electron chi connectivity index (χ3n) is 4.88. The first kappa shape index (κ1) is 17.2. The molecule has 2 atom stereocenters. The lowest BCUT2D eigenvalue weighted by atomic mass is 9.98. The van der Waals surface area contributed by atoms with Crippen LogP contribution in [0.2, 0.25) is 0 Å². The van der Waals surface area contributed by atoms with Crippen LogP contribution in [0.4, 0.5) is 4.39 Å². The van der Waals surface area contributed by atoms with Gasteiger partial charge in [-0.1, -0.05) is 0 Å². The topological polar surface area (TPSA) is 38.8 Å². The standard InChI is InChI=1S/C19H26FNO3/c20-16-5-7-18(8-6-16)24-14-15-3-1-11-21(13-15)19(22)10-9-17-4-2-12-23-17/h5-8,15,17H,1-4,9-14H2/t15-,17-/m0/s1. The minimum absolute atomic E-state index is 0.233. The minimum Gasteiger partial charge on any atom is -0.493 e. The number of amides is 1. The van der Waals surface area contributed by atoms with E-state index in [1.54, 1.807) is 12.1 Å². The molecule has 2 aliphatic rings. The average molecular weight is 335 g/mol. The number of piperidine rings is 1. The summed E-state index contributed by atoms with van der Waals surface area (Å²) in [4.78, 5) is 14.4. The number of carbonyl (C=O) groups excluding carboxylic acids is 1. The molecule has 0 aromatic heterocycles. The van der Waals surface area contributed by atoms with E-state index in [0.717, 1.165) is 51.8 Å². The number of rotatable bonds is 6. The summed E-state index contributed by atoms with van der Waals surface area (Å²) in [5.41, 5.74) is 0. The number of ether oxygens (including phenoxy) is 2. The molecule has 5 heteroatoms. The predicted octanol–water partition coefficient (Wildman–Crippen LogP) is 3.40. The molecule has 2 saturated heterocycles. The van der Waals surface area contributed by atoms with Crippen molar-refractivity contribution < 1.29 is 18.7 Å². The summed E-state index contributed by atoms with van der Waals surface area (Å²) in [6.45, 7) is 3.01. The molecule has 0 aliphatic carbocycles. The molecule has 2 fully saturated rings. The van der Waals surface area contributed by atoms with Crippen LogP contribution in [0, 0.1) is 11.7 Å². The molecule has 0 bridgehead atoms. The van der Waals surface area contributed by atoms with Gasteiger partial charge in [0.15, 0.2) is 0 Å². The van der Waals surface area contributed by atoms with Crippen molar-refractivity contribution in [2.45, 2.75) is 44.6 Å². The number of likely N-dealkylation sites (tertiary alicyclic amines) is 1. The molecule has 0 unspecified atom stereocenters. The fourth-order valence-corrected chi connectivity index (χ4v) is 3.49. The summed E-state index contributed by atoms with van der Waals surface area (Å²) >= 11 is 0. The van der Waals surface area contributed by atoms with E-state index in [4.69, 9.17) is 9.47 Å². The van der Waals surface area contributed by atoms with Crippen molar-refractivity contribution in [2.24, 2.45) is 5.92 Å². The largest absolute Gasteiger partial charge is 0.493 e. The van der Waals surface area contributed by atoms with E-state index in [2.05, 4.69) is 0 Å². The van der Waals surface area contributed by atoms with Gasteiger partial charge in [0.2, 0.25) is 5.91 Å². The Morgan fingerprint density at radius 3 is 2.83 bits per heavy atom. The maximum Gasteiger partial charge on any atom is 0.222 e. The minimum atomic E-state index is -0.261. The highest BCUT2D eigenvalue weighted by Crippen LogP contribution is 2.22. The van der Waals surface area contributed by atoms with Crippen LogP contribution in [-0.4, -0.2) is 43.2 Å². The fourth-order valence-electron chi connectivity index (χ4n) is 3.49. The Hall–Kier alpha value is -1.62. The zero-order valence-corrected chi connectivity index (χ0v) is 14.1. The first-order chi connectivity index (χ1) is 11.7. The van der Waals surface area contributed by atoms with Crippen molar-refractivity contribution in [2.75, 3.05) is 26.3 Å². The number of nitrogens with zero attached hydrogens (tertiary/aromatic N) is 1. The Labute approximate surface area is 142 Å². The molecule has 132 valence electrons. The van der Waals surface area contributed by atoms with E-state index in [0.29, 0.717) is 24.7 Å². The molecule has 24 heavy (non-hydrogen) atoms. The first-order valence-corrected chi connectivity index (χ1v) is 8.98. The van der Waals surface area contributed by atoms with Crippen molar-refractivity contribution in [1.82, 2.24) is 4.90 Å². The SMILES string of the molecule is O=C(CC[C@@H]1CCCO1)N1CCC[C@H](COc2ccc(F)cc2)C1. The van der Waals surface area contributed by atoms with Gasteiger partial charge in [-0.25, -0.2) is 4.39 Å². The molecule has 1 amide bonds. The van der Waals surface area contributed by atoms with Crippen LogP contribution in [-0.2, 0) is 9.53 Å². The molecule has 4 nitrogen and oxygen atoms in total. The second kappa shape index (κ2) is 8.47. The molecular weight excluding hydrogens is 309 g/mol. The van der Waals surface area contributed by atoms with Crippen LogP contribution in [0.25, 0.3) is 0 Å². The van der Waals surface area contributed by atoms with Gasteiger partial charge in [0, 0.05) is 32.0 Å². The van der Waals surface area contributed by atoms with Crippen LogP contribution in [0.1, 0.15) is 38.5 Å². The average Bonchev–Trinajstić information content (AvgIpc) is 3.13. The van der Waals surface area contributed by atoms with E-state index in [1.165, 1.54) is 12.1 Å². The summed E-state index contributed by atoms with van der Waals surface area (Å²) < 4.78 is 24.2. The van der Waals surface area contributed by atoms with Gasteiger partial charge in [-0.05, 0) is 56.4 Å². The lowest BCUT2D eigenvalue weighted by Gasteiger charge is -2.33. The van der Waals surface area contributed by atoms with Crippen molar-refractivity contribution in [1.29, 1.82) is 0 Å². The van der Waals surface area contributed by atoms with Gasteiger partial charge >= 0.3 is 0 Å². The van der Waals surface area contributed by atoms with Gasteiger partial charge < -0.3 is 14.4 Å². The van der Waals surface area contributed by atoms with Gasteiger partial charge in [-0.2, -0.15) is 0 Å². The normalized spacial score (nSPS) is 24.1. The van der Waals surface area contributed by atoms with E-state index < -0.39 is 0 Å². The highest BCUT2D eigenvalue weighted by atomic mass is 19.1. The highest BCUT2D eigenvalue weighted by Gasteiger charge is 2.25. The molecule has 2 heterocycles. The highest BCUT2D eigenvalue weighted by molar-refractivity contribution is 5.76. The maximum absolute atomic E-state index is 12.9. The summed E-state index contributed by atoms with van der Waals surface area (Å²) in [5.74, 6) is 0.994. The summed E-state index contributed by atoms with van der Waals surface area (Å²) in [6, 6.07) is 6.08. The molecule has 2 aliphatic heterocycles. The summed E-state index contributed by atoms with van der Waals surface area (Å²) in [5, 5.41) is 0. The van der Waals surface area contributed by atoms with Crippen LogP contribution in [0.3, 0.4) is 0 Å². The van der Waals surface area contributed by atoms with Crippen molar-refractivity contribution in [3.63, 3.8) is 0 Å². The second-order valence-corrected chi connectivity index (χ2v) is 6.79. The van der Waals surface area contributed by atoms with Gasteiger partial charge in [0.1, 0.15) is 11.6 Å². The molecule has 0 radical (unpaired) electrons. The Morgan fingerprint density at radius 1 is 1.25 bits per heavy atom. The Morgan fingerprint density at radius 2 is 2.08 bits per heavy atom. The van der Waals surface area contributed by atoms with Crippen LogP contribution < -0.4 is 4.74 Å². The second-order valence-electron chi connectivity index (χ2n) is 6.79. The lowest BCUT2D eigenvalue weighted by molar-refractivity contribution is -0.133. The predicted molar refractivity (Wildman–Crippen MR) is 89.4 cm³/mol. The Bertz CT molecular complexity index is 528. The smallest absolute Gasteiger partial charge is 0.222 e. The van der Waals surface area contributed by atoms with Gasteiger partial charge in [-0.15, -0.1) is 0 Å². The summed E-state index contributed by atoms with van der Waals surface area (Å²) in [7, 11) is 0. The van der Waals surface area contributed by atoms with Crippen LogP contribution >= 0.6 is 0 Å². The number of hydrogen-bond acceptors (Lipinski definition) is 3. The van der Waals surface area contributed by atoms with Crippen molar-refractivity contribution >= 4 is 5.91 Å². The van der Waals surface area contributed by atoms with E-state index >= 15 is 0 Å². The quantitative estimate of drug-likeness (QED) is 0.800. The maximum atomic E-state index is 12.9. The summed E-state index contributed by atoms with van der Waals surface area (Å²) in [6.07, 6.45) is 5.98. The van der Waals surface area contributed by atoms with Crippen molar-refractivity contribution in [3.05, 3.63) is 30.1 Å². The van der Waals surface area contributed by atoms with Crippen LogP contribution in [0.15, 0.2) is 24.3 Å². The number of carbonyl (C=O) groups is 1.